The number of carbonyl (C=O) groups excluding carboxylic acids is 1. The van der Waals surface area contributed by atoms with E-state index in [9.17, 15) is 4.79 Å². The van der Waals surface area contributed by atoms with Gasteiger partial charge in [0.2, 0.25) is 0 Å². The van der Waals surface area contributed by atoms with Crippen LogP contribution in [0, 0.1) is 19.3 Å². The fourth-order valence-corrected chi connectivity index (χ4v) is 6.80. The van der Waals surface area contributed by atoms with Crippen molar-refractivity contribution in [1.29, 1.82) is 0 Å². The molecule has 2 aliphatic rings. The molecule has 2 heterocycles. The standard InChI is InChI=1S/C40H46N2O3/c1-7-8-9-10-13-21-42(26-39(4,5)6)30-19-20-33-37(24-30)44-36-23-28(3)35(41-29-16-14-15-27(2)22-29)25-34(36)40(33)32-18-12-11-17-31(32)38(43)45-40/h11-12,14-20,22-25,41H,7-10,13,21,26H2,1-6H3. The maximum atomic E-state index is 13.5. The first kappa shape index (κ1) is 30.8. The number of carbonyl (C=O) groups is 1. The summed E-state index contributed by atoms with van der Waals surface area (Å²) in [4.78, 5) is 16.0. The molecule has 45 heavy (non-hydrogen) atoms. The highest BCUT2D eigenvalue weighted by molar-refractivity contribution is 5.97. The summed E-state index contributed by atoms with van der Waals surface area (Å²) < 4.78 is 13.3. The van der Waals surface area contributed by atoms with Crippen molar-refractivity contribution in [2.24, 2.45) is 5.41 Å². The molecule has 1 atom stereocenters. The van der Waals surface area contributed by atoms with Gasteiger partial charge in [0.15, 0.2) is 5.60 Å². The highest BCUT2D eigenvalue weighted by atomic mass is 16.6. The van der Waals surface area contributed by atoms with Gasteiger partial charge in [-0.05, 0) is 79.3 Å². The van der Waals surface area contributed by atoms with Gasteiger partial charge >= 0.3 is 5.97 Å². The number of rotatable bonds is 10. The van der Waals surface area contributed by atoms with E-state index in [2.05, 4.69) is 100 Å². The molecule has 4 aromatic rings. The Bertz CT molecular complexity index is 1720. The first-order chi connectivity index (χ1) is 21.6. The molecule has 5 nitrogen and oxygen atoms in total. The molecular weight excluding hydrogens is 556 g/mol. The molecule has 0 bridgehead atoms. The Hall–Kier alpha value is -4.25. The lowest BCUT2D eigenvalue weighted by Crippen LogP contribution is -2.35. The summed E-state index contributed by atoms with van der Waals surface area (Å²) in [5.74, 6) is 1.12. The molecule has 0 saturated carbocycles. The van der Waals surface area contributed by atoms with Gasteiger partial charge in [-0.3, -0.25) is 0 Å². The van der Waals surface area contributed by atoms with E-state index in [0.29, 0.717) is 11.3 Å². The lowest BCUT2D eigenvalue weighted by molar-refractivity contribution is 0.0224. The van der Waals surface area contributed by atoms with Crippen molar-refractivity contribution in [3.05, 3.63) is 112 Å². The van der Waals surface area contributed by atoms with Crippen LogP contribution in [0.1, 0.15) is 98.0 Å². The Labute approximate surface area is 268 Å². The van der Waals surface area contributed by atoms with E-state index in [4.69, 9.17) is 9.47 Å². The summed E-state index contributed by atoms with van der Waals surface area (Å²) in [7, 11) is 0. The number of hydrogen-bond acceptors (Lipinski definition) is 5. The van der Waals surface area contributed by atoms with Crippen molar-refractivity contribution in [2.45, 2.75) is 79.2 Å². The van der Waals surface area contributed by atoms with E-state index in [-0.39, 0.29) is 11.4 Å². The third kappa shape index (κ3) is 6.05. The van der Waals surface area contributed by atoms with Crippen LogP contribution in [0.5, 0.6) is 11.5 Å². The van der Waals surface area contributed by atoms with Crippen molar-refractivity contribution in [1.82, 2.24) is 0 Å². The average molecular weight is 603 g/mol. The fourth-order valence-electron chi connectivity index (χ4n) is 6.80. The maximum Gasteiger partial charge on any atom is 0.340 e. The zero-order valence-corrected chi connectivity index (χ0v) is 27.6. The minimum Gasteiger partial charge on any atom is -0.456 e. The minimum atomic E-state index is -1.11. The summed E-state index contributed by atoms with van der Waals surface area (Å²) in [5.41, 5.74) is 7.44. The molecule has 0 radical (unpaired) electrons. The van der Waals surface area contributed by atoms with Crippen molar-refractivity contribution < 1.29 is 14.3 Å². The number of unbranched alkanes of at least 4 members (excludes halogenated alkanes) is 4. The van der Waals surface area contributed by atoms with Gasteiger partial charge in [-0.1, -0.05) is 83.7 Å². The number of esters is 1. The van der Waals surface area contributed by atoms with Gasteiger partial charge in [-0.25, -0.2) is 4.79 Å². The van der Waals surface area contributed by atoms with Gasteiger partial charge in [-0.2, -0.15) is 0 Å². The van der Waals surface area contributed by atoms with E-state index < -0.39 is 5.60 Å². The number of fused-ring (bicyclic) bond motifs is 6. The summed E-state index contributed by atoms with van der Waals surface area (Å²) in [6.07, 6.45) is 6.19. The molecule has 0 amide bonds. The smallest absolute Gasteiger partial charge is 0.340 e. The van der Waals surface area contributed by atoms with Crippen molar-refractivity contribution >= 4 is 23.0 Å². The zero-order chi connectivity index (χ0) is 31.8. The van der Waals surface area contributed by atoms with Crippen LogP contribution in [0.25, 0.3) is 0 Å². The lowest BCUT2D eigenvalue weighted by atomic mass is 9.77. The van der Waals surface area contributed by atoms with Crippen LogP contribution in [0.2, 0.25) is 0 Å². The molecule has 5 heteroatoms. The molecule has 1 unspecified atom stereocenters. The molecule has 234 valence electrons. The second-order valence-corrected chi connectivity index (χ2v) is 14.0. The number of ether oxygens (including phenoxy) is 2. The van der Waals surface area contributed by atoms with Gasteiger partial charge < -0.3 is 19.7 Å². The maximum absolute atomic E-state index is 13.5. The van der Waals surface area contributed by atoms with Crippen LogP contribution in [0.4, 0.5) is 17.1 Å². The van der Waals surface area contributed by atoms with E-state index in [1.807, 2.05) is 30.3 Å². The average Bonchev–Trinajstić information content (AvgIpc) is 3.29. The second kappa shape index (κ2) is 12.3. The molecule has 2 aliphatic heterocycles. The molecule has 1 spiro atoms. The van der Waals surface area contributed by atoms with Crippen LogP contribution >= 0.6 is 0 Å². The van der Waals surface area contributed by atoms with Gasteiger partial charge in [0.05, 0.1) is 5.56 Å². The monoisotopic (exact) mass is 602 g/mol. The number of benzene rings is 4. The Morgan fingerprint density at radius 1 is 0.800 bits per heavy atom. The first-order valence-electron chi connectivity index (χ1n) is 16.5. The molecule has 4 aromatic carbocycles. The van der Waals surface area contributed by atoms with Gasteiger partial charge in [0.1, 0.15) is 11.5 Å². The quantitative estimate of drug-likeness (QED) is 0.145. The molecular formula is C40H46N2O3. The van der Waals surface area contributed by atoms with Gasteiger partial charge in [-0.15, -0.1) is 0 Å². The zero-order valence-electron chi connectivity index (χ0n) is 27.6. The third-order valence-electron chi connectivity index (χ3n) is 8.90. The predicted molar refractivity (Wildman–Crippen MR) is 184 cm³/mol. The number of hydrogen-bond donors (Lipinski definition) is 1. The highest BCUT2D eigenvalue weighted by Gasteiger charge is 2.53. The van der Waals surface area contributed by atoms with Gasteiger partial charge in [0.25, 0.3) is 0 Å². The molecule has 1 N–H and O–H groups in total. The second-order valence-electron chi connectivity index (χ2n) is 14.0. The first-order valence-corrected chi connectivity index (χ1v) is 16.5. The summed E-state index contributed by atoms with van der Waals surface area (Å²) in [5, 5.41) is 3.60. The van der Waals surface area contributed by atoms with Crippen LogP contribution in [-0.2, 0) is 10.3 Å². The SMILES string of the molecule is CCCCCCCN(CC(C)(C)C)c1ccc2c(c1)Oc1cc(C)c(Nc3cccc(C)c3)cc1C21OC(=O)c2ccccc21. The number of anilines is 3. The van der Waals surface area contributed by atoms with E-state index in [1.165, 1.54) is 31.2 Å². The summed E-state index contributed by atoms with van der Waals surface area (Å²) >= 11 is 0. The number of nitrogens with zero attached hydrogens (tertiary/aromatic N) is 1. The van der Waals surface area contributed by atoms with E-state index >= 15 is 0 Å². The topological polar surface area (TPSA) is 50.8 Å². The van der Waals surface area contributed by atoms with Crippen molar-refractivity contribution in [3.8, 4) is 11.5 Å². The van der Waals surface area contributed by atoms with E-state index in [0.717, 1.165) is 64.6 Å². The van der Waals surface area contributed by atoms with Crippen LogP contribution in [0.3, 0.4) is 0 Å². The molecule has 0 aromatic heterocycles. The van der Waals surface area contributed by atoms with Gasteiger partial charge in [0, 0.05) is 52.9 Å². The number of aryl methyl sites for hydroxylation is 2. The molecule has 0 saturated heterocycles. The minimum absolute atomic E-state index is 0.131. The van der Waals surface area contributed by atoms with E-state index in [1.54, 1.807) is 0 Å². The summed E-state index contributed by atoms with van der Waals surface area (Å²) in [6.45, 7) is 15.2. The lowest BCUT2D eigenvalue weighted by Gasteiger charge is -2.38. The normalized spacial score (nSPS) is 16.4. The predicted octanol–water partition coefficient (Wildman–Crippen LogP) is 10.4. The molecule has 0 fully saturated rings. The Balaban J connectivity index is 1.45. The van der Waals surface area contributed by atoms with Crippen LogP contribution < -0.4 is 15.0 Å². The third-order valence-corrected chi connectivity index (χ3v) is 8.90. The largest absolute Gasteiger partial charge is 0.456 e. The van der Waals surface area contributed by atoms with Crippen LogP contribution in [-0.4, -0.2) is 19.1 Å². The van der Waals surface area contributed by atoms with Crippen molar-refractivity contribution in [3.63, 3.8) is 0 Å². The Morgan fingerprint density at radius 2 is 1.58 bits per heavy atom. The van der Waals surface area contributed by atoms with Crippen LogP contribution in [0.15, 0.2) is 78.9 Å². The highest BCUT2D eigenvalue weighted by Crippen LogP contribution is 2.57. The summed E-state index contributed by atoms with van der Waals surface area (Å²) in [6, 6.07) is 26.7. The Morgan fingerprint density at radius 3 is 2.36 bits per heavy atom. The Kier molecular flexibility index (Phi) is 8.39. The molecule has 6 rings (SSSR count). The fraction of sp³-hybridized carbons (Fsp3) is 0.375. The van der Waals surface area contributed by atoms with Crippen molar-refractivity contribution in [2.75, 3.05) is 23.3 Å². The number of nitrogens with one attached hydrogen (secondary N) is 1. The molecule has 0 aliphatic carbocycles.